The molecule has 1 aliphatic heterocycles. The van der Waals surface area contributed by atoms with Gasteiger partial charge < -0.3 is 14.5 Å². The number of halogens is 3. The summed E-state index contributed by atoms with van der Waals surface area (Å²) in [5.41, 5.74) is 1.03. The molecule has 7 heteroatoms. The molecule has 1 atom stereocenters. The first-order valence-electron chi connectivity index (χ1n) is 7.54. The molecular formula is C16H21F3N2O2. The van der Waals surface area contributed by atoms with Crippen LogP contribution in [0.3, 0.4) is 0 Å². The van der Waals surface area contributed by atoms with Crippen LogP contribution in [-0.4, -0.2) is 61.8 Å². The van der Waals surface area contributed by atoms with E-state index < -0.39 is 12.8 Å². The summed E-state index contributed by atoms with van der Waals surface area (Å²) in [6.45, 7) is 0.489. The number of alkyl halides is 3. The van der Waals surface area contributed by atoms with Gasteiger partial charge in [0.25, 0.3) is 0 Å². The molecule has 1 heterocycles. The van der Waals surface area contributed by atoms with Gasteiger partial charge in [-0.2, -0.15) is 13.2 Å². The normalized spacial score (nSPS) is 19.8. The Kier molecular flexibility index (Phi) is 6.01. The first kappa shape index (κ1) is 17.7. The highest BCUT2D eigenvalue weighted by Crippen LogP contribution is 2.25. The number of amides is 1. The number of rotatable bonds is 5. The second-order valence-corrected chi connectivity index (χ2v) is 5.69. The minimum absolute atomic E-state index is 0.0386. The van der Waals surface area contributed by atoms with Crippen LogP contribution >= 0.6 is 0 Å². The van der Waals surface area contributed by atoms with E-state index in [9.17, 15) is 18.0 Å². The van der Waals surface area contributed by atoms with Gasteiger partial charge in [-0.25, -0.2) is 0 Å². The van der Waals surface area contributed by atoms with Gasteiger partial charge >= 0.3 is 6.18 Å². The Morgan fingerprint density at radius 2 is 1.96 bits per heavy atom. The van der Waals surface area contributed by atoms with Crippen LogP contribution in [0.4, 0.5) is 13.2 Å². The van der Waals surface area contributed by atoms with Crippen molar-refractivity contribution in [3.63, 3.8) is 0 Å². The topological polar surface area (TPSA) is 32.8 Å². The summed E-state index contributed by atoms with van der Waals surface area (Å²) in [7, 11) is 1.99. The molecule has 4 nitrogen and oxygen atoms in total. The fourth-order valence-corrected chi connectivity index (χ4v) is 2.67. The number of nitrogens with zero attached hydrogens (tertiary/aromatic N) is 2. The maximum Gasteiger partial charge on any atom is 0.411 e. The quantitative estimate of drug-likeness (QED) is 0.778. The zero-order chi connectivity index (χ0) is 16.9. The summed E-state index contributed by atoms with van der Waals surface area (Å²) in [5.74, 6) is -0.172. The van der Waals surface area contributed by atoms with Crippen molar-refractivity contribution in [2.45, 2.75) is 18.6 Å². The number of ether oxygens (including phenoxy) is 1. The molecule has 1 saturated heterocycles. The lowest BCUT2D eigenvalue weighted by atomic mass is 10.0. The van der Waals surface area contributed by atoms with Crippen molar-refractivity contribution >= 4 is 5.91 Å². The predicted molar refractivity (Wildman–Crippen MR) is 79.9 cm³/mol. The Hall–Kier alpha value is -1.60. The molecule has 1 aromatic rings. The van der Waals surface area contributed by atoms with Crippen LogP contribution < -0.4 is 0 Å². The minimum Gasteiger partial charge on any atom is -0.372 e. The van der Waals surface area contributed by atoms with Crippen LogP contribution in [0.1, 0.15) is 18.0 Å². The third-order valence-corrected chi connectivity index (χ3v) is 3.81. The maximum atomic E-state index is 12.4. The van der Waals surface area contributed by atoms with Crippen LogP contribution in [-0.2, 0) is 9.53 Å². The average Bonchev–Trinajstić information content (AvgIpc) is 2.51. The molecule has 1 unspecified atom stereocenters. The molecule has 2 rings (SSSR count). The molecule has 128 valence electrons. The number of hydrogen-bond donors (Lipinski definition) is 0. The molecule has 1 amide bonds. The van der Waals surface area contributed by atoms with Gasteiger partial charge in [0.2, 0.25) is 5.91 Å². The monoisotopic (exact) mass is 330 g/mol. The summed E-state index contributed by atoms with van der Waals surface area (Å²) in [4.78, 5) is 16.2. The molecule has 0 spiro atoms. The van der Waals surface area contributed by atoms with Crippen LogP contribution in [0, 0.1) is 0 Å². The lowest BCUT2D eigenvalue weighted by Gasteiger charge is -2.40. The van der Waals surface area contributed by atoms with Gasteiger partial charge in [-0.1, -0.05) is 30.3 Å². The van der Waals surface area contributed by atoms with Gasteiger partial charge in [-0.05, 0) is 12.6 Å². The summed E-state index contributed by atoms with van der Waals surface area (Å²) in [5, 5.41) is 0. The van der Waals surface area contributed by atoms with E-state index in [0.717, 1.165) is 12.1 Å². The highest BCUT2D eigenvalue weighted by atomic mass is 19.4. The number of carbonyl (C=O) groups is 1. The molecular weight excluding hydrogens is 309 g/mol. The van der Waals surface area contributed by atoms with Crippen LogP contribution in [0.15, 0.2) is 30.3 Å². The second-order valence-electron chi connectivity index (χ2n) is 5.69. The third-order valence-electron chi connectivity index (χ3n) is 3.81. The molecule has 0 bridgehead atoms. The van der Waals surface area contributed by atoms with Gasteiger partial charge in [0.15, 0.2) is 0 Å². The maximum absolute atomic E-state index is 12.4. The largest absolute Gasteiger partial charge is 0.411 e. The van der Waals surface area contributed by atoms with Gasteiger partial charge in [0, 0.05) is 19.6 Å². The van der Waals surface area contributed by atoms with Gasteiger partial charge in [0.05, 0.1) is 19.1 Å². The van der Waals surface area contributed by atoms with Crippen molar-refractivity contribution in [1.29, 1.82) is 0 Å². The van der Waals surface area contributed by atoms with Crippen LogP contribution in [0.5, 0.6) is 0 Å². The van der Waals surface area contributed by atoms with E-state index in [1.54, 1.807) is 4.90 Å². The second kappa shape index (κ2) is 7.79. The van der Waals surface area contributed by atoms with Crippen molar-refractivity contribution in [1.82, 2.24) is 9.80 Å². The first-order valence-corrected chi connectivity index (χ1v) is 7.54. The Bertz CT molecular complexity index is 508. The summed E-state index contributed by atoms with van der Waals surface area (Å²) in [6.07, 6.45) is -4.40. The molecule has 0 aliphatic carbocycles. The van der Waals surface area contributed by atoms with E-state index >= 15 is 0 Å². The van der Waals surface area contributed by atoms with Gasteiger partial charge in [-0.15, -0.1) is 0 Å². The molecule has 23 heavy (non-hydrogen) atoms. The standard InChI is InChI=1S/C16H21F3N2O2/c1-20-8-9-21(14(11-20)13-5-3-2-4-6-13)15(22)7-10-23-12-16(17,18)19/h2-6,14H,7-12H2,1H3. The molecule has 1 aliphatic rings. The Labute approximate surface area is 133 Å². The molecule has 0 radical (unpaired) electrons. The Morgan fingerprint density at radius 1 is 1.26 bits per heavy atom. The SMILES string of the molecule is CN1CCN(C(=O)CCOCC(F)(F)F)C(c2ccccc2)C1. The number of piperazine rings is 1. The molecule has 1 fully saturated rings. The lowest BCUT2D eigenvalue weighted by Crippen LogP contribution is -2.49. The summed E-state index contributed by atoms with van der Waals surface area (Å²) >= 11 is 0. The minimum atomic E-state index is -4.36. The van der Waals surface area contributed by atoms with E-state index in [2.05, 4.69) is 9.64 Å². The van der Waals surface area contributed by atoms with Crippen molar-refractivity contribution in [3.05, 3.63) is 35.9 Å². The lowest BCUT2D eigenvalue weighted by molar-refractivity contribution is -0.175. The zero-order valence-corrected chi connectivity index (χ0v) is 13.1. The van der Waals surface area contributed by atoms with E-state index in [4.69, 9.17) is 0 Å². The van der Waals surface area contributed by atoms with Crippen molar-refractivity contribution in [2.24, 2.45) is 0 Å². The smallest absolute Gasteiger partial charge is 0.372 e. The van der Waals surface area contributed by atoms with Gasteiger partial charge in [0.1, 0.15) is 6.61 Å². The Morgan fingerprint density at radius 3 is 2.61 bits per heavy atom. The van der Waals surface area contributed by atoms with E-state index in [-0.39, 0.29) is 25.0 Å². The van der Waals surface area contributed by atoms with E-state index in [1.807, 2.05) is 37.4 Å². The van der Waals surface area contributed by atoms with Crippen molar-refractivity contribution < 1.29 is 22.7 Å². The molecule has 0 N–H and O–H groups in total. The molecule has 0 saturated carbocycles. The Balaban J connectivity index is 1.94. The van der Waals surface area contributed by atoms with Crippen molar-refractivity contribution in [3.8, 4) is 0 Å². The van der Waals surface area contributed by atoms with Crippen molar-refractivity contribution in [2.75, 3.05) is 39.9 Å². The molecule has 1 aromatic carbocycles. The fourth-order valence-electron chi connectivity index (χ4n) is 2.67. The molecule has 0 aromatic heterocycles. The number of hydrogen-bond acceptors (Lipinski definition) is 3. The average molecular weight is 330 g/mol. The van der Waals surface area contributed by atoms with E-state index in [0.29, 0.717) is 13.1 Å². The van der Waals surface area contributed by atoms with Crippen LogP contribution in [0.2, 0.25) is 0 Å². The number of carbonyl (C=O) groups excluding carboxylic acids is 1. The predicted octanol–water partition coefficient (Wildman–Crippen LogP) is 2.47. The third kappa shape index (κ3) is 5.51. The fraction of sp³-hybridized carbons (Fsp3) is 0.562. The highest BCUT2D eigenvalue weighted by Gasteiger charge is 2.31. The summed E-state index contributed by atoms with van der Waals surface area (Å²) in [6, 6.07) is 9.59. The number of likely N-dealkylation sites (N-methyl/N-ethyl adjacent to an activating group) is 1. The zero-order valence-electron chi connectivity index (χ0n) is 13.1. The van der Waals surface area contributed by atoms with Gasteiger partial charge in [-0.3, -0.25) is 4.79 Å². The number of benzene rings is 1. The first-order chi connectivity index (χ1) is 10.9. The highest BCUT2D eigenvalue weighted by molar-refractivity contribution is 5.77. The summed E-state index contributed by atoms with van der Waals surface area (Å²) < 4.78 is 40.6. The van der Waals surface area contributed by atoms with Crippen LogP contribution in [0.25, 0.3) is 0 Å². The van der Waals surface area contributed by atoms with E-state index in [1.165, 1.54) is 0 Å².